The minimum Gasteiger partial charge on any atom is -0.267 e. The molecule has 3 rings (SSSR count). The Morgan fingerprint density at radius 2 is 1.89 bits per heavy atom. The largest absolute Gasteiger partial charge is 0.275 e. The third-order valence-electron chi connectivity index (χ3n) is 2.76. The number of para-hydroxylation sites is 2. The zero-order valence-electron chi connectivity index (χ0n) is 9.87. The van der Waals surface area contributed by atoms with Crippen molar-refractivity contribution in [2.24, 2.45) is 0 Å². The highest BCUT2D eigenvalue weighted by Gasteiger charge is 2.06. The molecule has 0 aliphatic heterocycles. The number of benzene rings is 1. The van der Waals surface area contributed by atoms with Gasteiger partial charge in [0.1, 0.15) is 5.82 Å². The van der Waals surface area contributed by atoms with E-state index in [9.17, 15) is 4.79 Å². The number of rotatable bonds is 1. The number of hydrogen-bond acceptors (Lipinski definition) is 3. The molecule has 2 heterocycles. The average molecular weight is 237 g/mol. The summed E-state index contributed by atoms with van der Waals surface area (Å²) in [6.45, 7) is 1.90. The summed E-state index contributed by atoms with van der Waals surface area (Å²) in [4.78, 5) is 20.5. The summed E-state index contributed by atoms with van der Waals surface area (Å²) in [5.41, 5.74) is 2.25. The van der Waals surface area contributed by atoms with E-state index in [0.717, 1.165) is 16.7 Å². The van der Waals surface area contributed by atoms with Gasteiger partial charge >= 0.3 is 0 Å². The van der Waals surface area contributed by atoms with E-state index < -0.39 is 0 Å². The van der Waals surface area contributed by atoms with Gasteiger partial charge in [0.2, 0.25) is 0 Å². The normalized spacial score (nSPS) is 10.7. The van der Waals surface area contributed by atoms with Crippen molar-refractivity contribution < 1.29 is 0 Å². The zero-order valence-corrected chi connectivity index (χ0v) is 9.87. The molecule has 0 N–H and O–H groups in total. The second-order valence-electron chi connectivity index (χ2n) is 4.06. The average Bonchev–Trinajstić information content (AvgIpc) is 2.38. The van der Waals surface area contributed by atoms with E-state index in [-0.39, 0.29) is 5.56 Å². The molecular formula is C14H11N3O. The Hall–Kier alpha value is -2.49. The third-order valence-corrected chi connectivity index (χ3v) is 2.76. The summed E-state index contributed by atoms with van der Waals surface area (Å²) in [6.07, 6.45) is 1.33. The summed E-state index contributed by atoms with van der Waals surface area (Å²) < 4.78 is 1.58. The standard InChI is InChI=1S/C14H11N3O/c1-10-5-4-8-13(16-10)17-12-7-3-2-6-11(12)15-9-14(17)18/h2-9H,1H3. The van der Waals surface area contributed by atoms with Gasteiger partial charge in [-0.05, 0) is 31.2 Å². The topological polar surface area (TPSA) is 47.8 Å². The predicted molar refractivity (Wildman–Crippen MR) is 69.9 cm³/mol. The minimum absolute atomic E-state index is 0.174. The minimum atomic E-state index is -0.174. The molecule has 88 valence electrons. The molecule has 18 heavy (non-hydrogen) atoms. The fourth-order valence-corrected chi connectivity index (χ4v) is 1.95. The van der Waals surface area contributed by atoms with Crippen LogP contribution in [0.1, 0.15) is 5.69 Å². The lowest BCUT2D eigenvalue weighted by molar-refractivity contribution is 0.953. The molecule has 0 aliphatic carbocycles. The van der Waals surface area contributed by atoms with Gasteiger partial charge in [-0.15, -0.1) is 0 Å². The van der Waals surface area contributed by atoms with Crippen LogP contribution in [-0.2, 0) is 0 Å². The second kappa shape index (κ2) is 4.07. The van der Waals surface area contributed by atoms with Crippen molar-refractivity contribution in [2.75, 3.05) is 0 Å². The van der Waals surface area contributed by atoms with Crippen LogP contribution < -0.4 is 5.56 Å². The van der Waals surface area contributed by atoms with E-state index in [4.69, 9.17) is 0 Å². The Balaban J connectivity index is 2.41. The Labute approximate surface area is 104 Å². The second-order valence-corrected chi connectivity index (χ2v) is 4.06. The lowest BCUT2D eigenvalue weighted by Crippen LogP contribution is -2.19. The molecule has 0 aliphatic rings. The van der Waals surface area contributed by atoms with Gasteiger partial charge in [0.15, 0.2) is 0 Å². The van der Waals surface area contributed by atoms with Gasteiger partial charge in [-0.25, -0.2) is 9.97 Å². The summed E-state index contributed by atoms with van der Waals surface area (Å²) in [6, 6.07) is 13.1. The van der Waals surface area contributed by atoms with Crippen molar-refractivity contribution in [3.8, 4) is 5.82 Å². The zero-order chi connectivity index (χ0) is 12.5. The molecule has 0 bridgehead atoms. The fraction of sp³-hybridized carbons (Fsp3) is 0.0714. The smallest absolute Gasteiger partial charge is 0.267 e. The maximum absolute atomic E-state index is 12.0. The molecule has 4 nitrogen and oxygen atoms in total. The van der Waals surface area contributed by atoms with Gasteiger partial charge in [0, 0.05) is 5.69 Å². The quantitative estimate of drug-likeness (QED) is 0.651. The van der Waals surface area contributed by atoms with Crippen LogP contribution in [0.25, 0.3) is 16.9 Å². The third kappa shape index (κ3) is 1.68. The Bertz CT molecular complexity index is 777. The summed E-state index contributed by atoms with van der Waals surface area (Å²) in [5, 5.41) is 0. The summed E-state index contributed by atoms with van der Waals surface area (Å²) in [5.74, 6) is 0.624. The molecule has 0 amide bonds. The van der Waals surface area contributed by atoms with Gasteiger partial charge in [0.05, 0.1) is 17.2 Å². The first-order valence-corrected chi connectivity index (χ1v) is 5.66. The van der Waals surface area contributed by atoms with Crippen LogP contribution in [0, 0.1) is 6.92 Å². The molecule has 0 fully saturated rings. The highest BCUT2D eigenvalue weighted by Crippen LogP contribution is 2.12. The van der Waals surface area contributed by atoms with E-state index >= 15 is 0 Å². The Morgan fingerprint density at radius 1 is 1.06 bits per heavy atom. The molecule has 0 atom stereocenters. The van der Waals surface area contributed by atoms with Crippen molar-refractivity contribution in [3.05, 3.63) is 64.7 Å². The number of aryl methyl sites for hydroxylation is 1. The van der Waals surface area contributed by atoms with Crippen LogP contribution in [0.3, 0.4) is 0 Å². The molecule has 0 spiro atoms. The molecule has 3 aromatic rings. The maximum Gasteiger partial charge on any atom is 0.275 e. The van der Waals surface area contributed by atoms with Gasteiger partial charge in [-0.3, -0.25) is 9.36 Å². The number of fused-ring (bicyclic) bond motifs is 1. The molecular weight excluding hydrogens is 226 g/mol. The Morgan fingerprint density at radius 3 is 2.72 bits per heavy atom. The SMILES string of the molecule is Cc1cccc(-n2c(=O)cnc3ccccc32)n1. The van der Waals surface area contributed by atoms with Crippen molar-refractivity contribution in [2.45, 2.75) is 6.92 Å². The van der Waals surface area contributed by atoms with E-state index in [0.29, 0.717) is 5.82 Å². The molecule has 0 saturated carbocycles. The molecule has 4 heteroatoms. The predicted octanol–water partition coefficient (Wildman–Crippen LogP) is 2.09. The van der Waals surface area contributed by atoms with Crippen LogP contribution in [-0.4, -0.2) is 14.5 Å². The van der Waals surface area contributed by atoms with Crippen LogP contribution in [0.2, 0.25) is 0 Å². The number of aromatic nitrogens is 3. The molecule has 0 radical (unpaired) electrons. The van der Waals surface area contributed by atoms with Crippen molar-refractivity contribution in [1.29, 1.82) is 0 Å². The number of pyridine rings is 1. The lowest BCUT2D eigenvalue weighted by Gasteiger charge is -2.08. The van der Waals surface area contributed by atoms with Gasteiger partial charge in [0.25, 0.3) is 5.56 Å². The molecule has 0 unspecified atom stereocenters. The molecule has 2 aromatic heterocycles. The van der Waals surface area contributed by atoms with Crippen molar-refractivity contribution >= 4 is 11.0 Å². The summed E-state index contributed by atoms with van der Waals surface area (Å²) in [7, 11) is 0. The van der Waals surface area contributed by atoms with E-state index in [2.05, 4.69) is 9.97 Å². The highest BCUT2D eigenvalue weighted by molar-refractivity contribution is 5.75. The van der Waals surface area contributed by atoms with Gasteiger partial charge < -0.3 is 0 Å². The Kier molecular flexibility index (Phi) is 2.41. The first kappa shape index (κ1) is 10.7. The molecule has 1 aromatic carbocycles. The van der Waals surface area contributed by atoms with Crippen LogP contribution in [0.5, 0.6) is 0 Å². The number of nitrogens with zero attached hydrogens (tertiary/aromatic N) is 3. The number of hydrogen-bond donors (Lipinski definition) is 0. The fourth-order valence-electron chi connectivity index (χ4n) is 1.95. The van der Waals surface area contributed by atoms with Crippen molar-refractivity contribution in [1.82, 2.24) is 14.5 Å². The van der Waals surface area contributed by atoms with Crippen LogP contribution in [0.4, 0.5) is 0 Å². The summed E-state index contributed by atoms with van der Waals surface area (Å²) >= 11 is 0. The lowest BCUT2D eigenvalue weighted by atomic mass is 10.3. The first-order valence-electron chi connectivity index (χ1n) is 5.66. The van der Waals surface area contributed by atoms with E-state index in [1.807, 2.05) is 49.4 Å². The van der Waals surface area contributed by atoms with Gasteiger partial charge in [-0.1, -0.05) is 18.2 Å². The van der Waals surface area contributed by atoms with E-state index in [1.165, 1.54) is 6.20 Å². The van der Waals surface area contributed by atoms with Crippen molar-refractivity contribution in [3.63, 3.8) is 0 Å². The monoisotopic (exact) mass is 237 g/mol. The maximum atomic E-state index is 12.0. The van der Waals surface area contributed by atoms with E-state index in [1.54, 1.807) is 4.57 Å². The van der Waals surface area contributed by atoms with Crippen LogP contribution in [0.15, 0.2) is 53.5 Å². The van der Waals surface area contributed by atoms with Crippen LogP contribution >= 0.6 is 0 Å². The first-order chi connectivity index (χ1) is 8.75. The molecule has 0 saturated heterocycles. The van der Waals surface area contributed by atoms with Gasteiger partial charge in [-0.2, -0.15) is 0 Å². The highest BCUT2D eigenvalue weighted by atomic mass is 16.1.